The molecule has 0 bridgehead atoms. The molecule has 2 heterocycles. The van der Waals surface area contributed by atoms with Gasteiger partial charge in [0, 0.05) is 17.5 Å². The zero-order valence-electron chi connectivity index (χ0n) is 24.8. The first-order chi connectivity index (χ1) is 21.5. The van der Waals surface area contributed by atoms with E-state index in [1.807, 2.05) is 37.3 Å². The van der Waals surface area contributed by atoms with Crippen molar-refractivity contribution in [2.45, 2.75) is 51.1 Å². The Morgan fingerprint density at radius 3 is 2.31 bits per heavy atom. The number of aromatic nitrogens is 2. The average molecular weight is 653 g/mol. The van der Waals surface area contributed by atoms with Crippen molar-refractivity contribution in [3.8, 4) is 22.8 Å². The summed E-state index contributed by atoms with van der Waals surface area (Å²) in [6.45, 7) is 1.92. The van der Waals surface area contributed by atoms with E-state index in [9.17, 15) is 22.4 Å². The summed E-state index contributed by atoms with van der Waals surface area (Å²) in [4.78, 5) is 34.0. The molecule has 0 aliphatic heterocycles. The van der Waals surface area contributed by atoms with Crippen LogP contribution in [0.15, 0.2) is 66.2 Å². The zero-order valence-corrected chi connectivity index (χ0v) is 26.4. The van der Waals surface area contributed by atoms with Crippen LogP contribution in [0.4, 0.5) is 4.39 Å². The molecule has 45 heavy (non-hydrogen) atoms. The van der Waals surface area contributed by atoms with Crippen molar-refractivity contribution in [3.63, 3.8) is 0 Å². The number of halogens is 1. The van der Waals surface area contributed by atoms with Crippen LogP contribution < -0.4 is 15.4 Å². The second kappa shape index (κ2) is 14.3. The van der Waals surface area contributed by atoms with E-state index in [0.717, 1.165) is 40.2 Å². The molecule has 1 aliphatic rings. The largest absolute Gasteiger partial charge is 0.438 e. The summed E-state index contributed by atoms with van der Waals surface area (Å²) in [6, 6.07) is 15.7. The third-order valence-electron chi connectivity index (χ3n) is 7.34. The minimum Gasteiger partial charge on any atom is -0.438 e. The summed E-state index contributed by atoms with van der Waals surface area (Å²) >= 11 is 1.43. The van der Waals surface area contributed by atoms with Gasteiger partial charge in [0.2, 0.25) is 5.88 Å². The van der Waals surface area contributed by atoms with Gasteiger partial charge in [-0.3, -0.25) is 13.8 Å². The molecule has 1 saturated carbocycles. The second-order valence-corrected chi connectivity index (χ2v) is 13.6. The smallest absolute Gasteiger partial charge is 0.270 e. The molecule has 0 atom stereocenters. The lowest BCUT2D eigenvalue weighted by Crippen LogP contribution is -2.44. The Labute approximate surface area is 265 Å². The minimum atomic E-state index is -3.49. The van der Waals surface area contributed by atoms with Gasteiger partial charge in [0.1, 0.15) is 22.8 Å². The number of nitrogens with one attached hydrogen (secondary N) is 2. The highest BCUT2D eigenvalue weighted by molar-refractivity contribution is 7.85. The first-order valence-corrected chi connectivity index (χ1v) is 17.1. The third-order valence-corrected chi connectivity index (χ3v) is 8.70. The van der Waals surface area contributed by atoms with Crippen molar-refractivity contribution >= 4 is 33.3 Å². The van der Waals surface area contributed by atoms with Crippen LogP contribution in [0.3, 0.4) is 0 Å². The van der Waals surface area contributed by atoms with Gasteiger partial charge in [-0.15, -0.1) is 11.3 Å². The molecule has 4 aromatic rings. The number of carbonyl (C=O) groups is 2. The molecule has 0 saturated heterocycles. The Morgan fingerprint density at radius 1 is 0.978 bits per heavy atom. The molecule has 5 rings (SSSR count). The Bertz CT molecular complexity index is 1770. The molecule has 236 valence electrons. The van der Waals surface area contributed by atoms with E-state index in [2.05, 4.69) is 20.6 Å². The van der Waals surface area contributed by atoms with Gasteiger partial charge in [-0.1, -0.05) is 36.4 Å². The Morgan fingerprint density at radius 2 is 1.67 bits per heavy atom. The van der Waals surface area contributed by atoms with Crippen molar-refractivity contribution in [1.29, 1.82) is 0 Å². The number of ether oxygens (including phenoxy) is 1. The Kier molecular flexibility index (Phi) is 10.2. The van der Waals surface area contributed by atoms with E-state index in [4.69, 9.17) is 8.92 Å². The highest BCUT2D eigenvalue weighted by Gasteiger charge is 2.26. The monoisotopic (exact) mass is 652 g/mol. The van der Waals surface area contributed by atoms with Crippen LogP contribution in [0.25, 0.3) is 11.1 Å². The summed E-state index contributed by atoms with van der Waals surface area (Å²) in [5, 5.41) is 8.56. The molecule has 2 amide bonds. The number of amides is 2. The van der Waals surface area contributed by atoms with Gasteiger partial charge in [0.15, 0.2) is 0 Å². The Balaban J connectivity index is 1.19. The van der Waals surface area contributed by atoms with Gasteiger partial charge in [0.05, 0.1) is 24.1 Å². The zero-order chi connectivity index (χ0) is 32.0. The van der Waals surface area contributed by atoms with Crippen molar-refractivity contribution in [1.82, 2.24) is 20.6 Å². The van der Waals surface area contributed by atoms with E-state index in [1.54, 1.807) is 23.6 Å². The number of carbonyl (C=O) groups excluding carboxylic acids is 2. The van der Waals surface area contributed by atoms with E-state index >= 15 is 0 Å². The summed E-state index contributed by atoms with van der Waals surface area (Å²) < 4.78 is 47.4. The maximum atomic E-state index is 14.2. The first-order valence-electron chi connectivity index (χ1n) is 14.4. The van der Waals surface area contributed by atoms with E-state index in [1.165, 1.54) is 11.3 Å². The molecule has 10 nitrogen and oxygen atoms in total. The molecule has 1 fully saturated rings. The number of hydrogen-bond donors (Lipinski definition) is 2. The molecule has 0 radical (unpaired) electrons. The van der Waals surface area contributed by atoms with E-state index in [0.29, 0.717) is 43.5 Å². The summed E-state index contributed by atoms with van der Waals surface area (Å²) in [5.74, 6) is -0.955. The molecular formula is C32H33FN4O6S2. The van der Waals surface area contributed by atoms with Crippen LogP contribution in [0.1, 0.15) is 57.1 Å². The minimum absolute atomic E-state index is 0.0141. The number of thiazole rings is 1. The van der Waals surface area contributed by atoms with Gasteiger partial charge in [0.25, 0.3) is 21.9 Å². The van der Waals surface area contributed by atoms with Gasteiger partial charge in [-0.05, 0) is 73.9 Å². The molecule has 1 aliphatic carbocycles. The lowest BCUT2D eigenvalue weighted by atomic mass is 9.91. The topological polar surface area (TPSA) is 137 Å². The van der Waals surface area contributed by atoms with Crippen LogP contribution in [-0.4, -0.2) is 55.1 Å². The summed E-state index contributed by atoms with van der Waals surface area (Å²) in [6.07, 6.45) is 5.14. The fraction of sp³-hybridized carbons (Fsp3) is 0.312. The Hall–Kier alpha value is -4.20. The SMILES string of the molecule is Cc1nc(C(=O)NC2CCC(NC(=O)c3cc(F)cnc3Oc3cccc(-c4ccc(CCOS(C)(=O)=O)cc4)c3)CC2)cs1. The molecular weight excluding hydrogens is 620 g/mol. The molecule has 0 unspecified atom stereocenters. The molecule has 2 N–H and O–H groups in total. The van der Waals surface area contributed by atoms with E-state index in [-0.39, 0.29) is 36.0 Å². The number of nitrogens with zero attached hydrogens (tertiary/aromatic N) is 2. The van der Waals surface area contributed by atoms with Crippen LogP contribution in [0, 0.1) is 12.7 Å². The predicted molar refractivity (Wildman–Crippen MR) is 168 cm³/mol. The van der Waals surface area contributed by atoms with Gasteiger partial charge in [-0.25, -0.2) is 14.4 Å². The summed E-state index contributed by atoms with van der Waals surface area (Å²) in [7, 11) is -3.49. The van der Waals surface area contributed by atoms with Crippen molar-refractivity contribution < 1.29 is 31.3 Å². The molecule has 2 aromatic heterocycles. The van der Waals surface area contributed by atoms with Crippen LogP contribution >= 0.6 is 11.3 Å². The first kappa shape index (κ1) is 32.2. The van der Waals surface area contributed by atoms with Gasteiger partial charge in [-0.2, -0.15) is 8.42 Å². The standard InChI is InChI=1S/C32H33FN4O6S2/c1-20-35-29(19-44-20)31(39)37-26-12-10-25(11-13-26)36-30(38)28-17-24(33)18-34-32(28)43-27-5-3-4-23(16-27)22-8-6-21(7-9-22)14-15-42-45(2,40)41/h3-9,16-19,25-26H,10-15H2,1-2H3,(H,36,38)(H,37,39). The lowest BCUT2D eigenvalue weighted by Gasteiger charge is -2.29. The number of pyridine rings is 1. The number of aryl methyl sites for hydroxylation is 1. The molecule has 2 aromatic carbocycles. The fourth-order valence-corrected chi connectivity index (χ4v) is 6.05. The average Bonchev–Trinajstić information content (AvgIpc) is 3.45. The molecule has 13 heteroatoms. The number of benzene rings is 2. The maximum Gasteiger partial charge on any atom is 0.270 e. The quantitative estimate of drug-likeness (QED) is 0.205. The van der Waals surface area contributed by atoms with Gasteiger partial charge < -0.3 is 15.4 Å². The third kappa shape index (κ3) is 9.16. The maximum absolute atomic E-state index is 14.2. The van der Waals surface area contributed by atoms with Crippen molar-refractivity contribution in [3.05, 3.63) is 93.8 Å². The van der Waals surface area contributed by atoms with Crippen LogP contribution in [-0.2, 0) is 20.7 Å². The highest BCUT2D eigenvalue weighted by atomic mass is 32.2. The van der Waals surface area contributed by atoms with Crippen molar-refractivity contribution in [2.24, 2.45) is 0 Å². The summed E-state index contributed by atoms with van der Waals surface area (Å²) in [5.41, 5.74) is 3.05. The number of hydrogen-bond acceptors (Lipinski definition) is 9. The lowest BCUT2D eigenvalue weighted by molar-refractivity contribution is 0.0888. The molecule has 0 spiro atoms. The fourth-order valence-electron chi connectivity index (χ4n) is 5.07. The van der Waals surface area contributed by atoms with Gasteiger partial charge >= 0.3 is 0 Å². The number of rotatable bonds is 11. The van der Waals surface area contributed by atoms with E-state index < -0.39 is 21.8 Å². The normalized spacial score (nSPS) is 16.6. The predicted octanol–water partition coefficient (Wildman–Crippen LogP) is 5.43. The van der Waals surface area contributed by atoms with Crippen LogP contribution in [0.5, 0.6) is 11.6 Å². The second-order valence-electron chi connectivity index (χ2n) is 10.9. The van der Waals surface area contributed by atoms with Crippen LogP contribution in [0.2, 0.25) is 0 Å². The highest BCUT2D eigenvalue weighted by Crippen LogP contribution is 2.29. The van der Waals surface area contributed by atoms with Crippen molar-refractivity contribution in [2.75, 3.05) is 12.9 Å².